The van der Waals surface area contributed by atoms with Crippen LogP contribution in [0.4, 0.5) is 0 Å². The molecule has 0 saturated heterocycles. The Balaban J connectivity index is 2.62. The predicted molar refractivity (Wildman–Crippen MR) is 67.1 cm³/mol. The molecule has 18 heavy (non-hydrogen) atoms. The van der Waals surface area contributed by atoms with Gasteiger partial charge in [-0.15, -0.1) is 0 Å². The van der Waals surface area contributed by atoms with Gasteiger partial charge in [-0.25, -0.2) is 4.79 Å². The van der Waals surface area contributed by atoms with Gasteiger partial charge >= 0.3 is 16.1 Å². The average molecular weight is 272 g/mol. The first-order valence-electron chi connectivity index (χ1n) is 5.59. The summed E-state index contributed by atoms with van der Waals surface area (Å²) in [6.07, 6.45) is 2.73. The highest BCUT2D eigenvalue weighted by Gasteiger charge is 2.08. The number of rotatable bonds is 6. The number of benzene rings is 1. The third-order valence-electron chi connectivity index (χ3n) is 2.07. The molecular formula is C12H16O5S. The van der Waals surface area contributed by atoms with Crippen LogP contribution < -0.4 is 4.18 Å². The molecule has 0 unspecified atom stereocenters. The van der Waals surface area contributed by atoms with Crippen molar-refractivity contribution in [3.8, 4) is 5.75 Å². The molecule has 0 fully saturated rings. The molecule has 0 radical (unpaired) electrons. The zero-order valence-electron chi connectivity index (χ0n) is 10.4. The summed E-state index contributed by atoms with van der Waals surface area (Å²) in [5.74, 6) is -0.253. The third kappa shape index (κ3) is 5.18. The Morgan fingerprint density at radius 1 is 1.22 bits per heavy atom. The monoisotopic (exact) mass is 272 g/mol. The van der Waals surface area contributed by atoms with Crippen molar-refractivity contribution in [3.63, 3.8) is 0 Å². The molecule has 1 aromatic rings. The van der Waals surface area contributed by atoms with Gasteiger partial charge in [-0.2, -0.15) is 8.42 Å². The van der Waals surface area contributed by atoms with E-state index in [1.54, 1.807) is 0 Å². The van der Waals surface area contributed by atoms with Gasteiger partial charge in [0.1, 0.15) is 5.75 Å². The summed E-state index contributed by atoms with van der Waals surface area (Å²) < 4.78 is 31.4. The van der Waals surface area contributed by atoms with E-state index in [1.807, 2.05) is 6.92 Å². The number of unbranched alkanes of at least 4 members (excludes halogenated alkanes) is 1. The van der Waals surface area contributed by atoms with Gasteiger partial charge in [0.25, 0.3) is 0 Å². The molecule has 0 N–H and O–H groups in total. The normalized spacial score (nSPS) is 11.0. The number of carbonyl (C=O) groups is 1. The van der Waals surface area contributed by atoms with E-state index in [2.05, 4.69) is 4.18 Å². The molecule has 0 aliphatic heterocycles. The molecule has 0 amide bonds. The lowest BCUT2D eigenvalue weighted by Gasteiger charge is -2.05. The summed E-state index contributed by atoms with van der Waals surface area (Å²) in [5, 5.41) is 0. The summed E-state index contributed by atoms with van der Waals surface area (Å²) in [7, 11) is -3.54. The van der Waals surface area contributed by atoms with E-state index in [0.29, 0.717) is 12.2 Å². The Morgan fingerprint density at radius 3 is 2.33 bits per heavy atom. The molecule has 0 aromatic heterocycles. The second kappa shape index (κ2) is 6.39. The lowest BCUT2D eigenvalue weighted by molar-refractivity contribution is 0.0500. The highest BCUT2D eigenvalue weighted by Crippen LogP contribution is 2.14. The first-order chi connectivity index (χ1) is 8.42. The van der Waals surface area contributed by atoms with E-state index in [4.69, 9.17) is 4.74 Å². The van der Waals surface area contributed by atoms with E-state index in [1.165, 1.54) is 24.3 Å². The molecule has 0 aliphatic rings. The van der Waals surface area contributed by atoms with Crippen LogP contribution in [0.3, 0.4) is 0 Å². The van der Waals surface area contributed by atoms with Crippen molar-refractivity contribution in [2.24, 2.45) is 0 Å². The maximum absolute atomic E-state index is 11.5. The molecule has 0 spiro atoms. The highest BCUT2D eigenvalue weighted by atomic mass is 32.2. The van der Waals surface area contributed by atoms with Gasteiger partial charge in [0.15, 0.2) is 0 Å². The molecule has 100 valence electrons. The zero-order chi connectivity index (χ0) is 13.6. The third-order valence-corrected chi connectivity index (χ3v) is 2.56. The number of hydrogen-bond acceptors (Lipinski definition) is 5. The summed E-state index contributed by atoms with van der Waals surface area (Å²) in [5.41, 5.74) is 0.368. The first-order valence-corrected chi connectivity index (χ1v) is 7.40. The fraction of sp³-hybridized carbons (Fsp3) is 0.417. The van der Waals surface area contributed by atoms with Crippen LogP contribution >= 0.6 is 0 Å². The van der Waals surface area contributed by atoms with E-state index in [9.17, 15) is 13.2 Å². The zero-order valence-corrected chi connectivity index (χ0v) is 11.2. The van der Waals surface area contributed by atoms with E-state index in [-0.39, 0.29) is 5.75 Å². The standard InChI is InChI=1S/C12H16O5S/c1-3-4-9-16-12(13)10-5-7-11(8-6-10)17-18(2,14)15/h5-8H,3-4,9H2,1-2H3. The van der Waals surface area contributed by atoms with Gasteiger partial charge in [0.2, 0.25) is 0 Å². The fourth-order valence-corrected chi connectivity index (χ4v) is 1.67. The van der Waals surface area contributed by atoms with E-state index < -0.39 is 16.1 Å². The minimum atomic E-state index is -3.54. The molecule has 6 heteroatoms. The van der Waals surface area contributed by atoms with Gasteiger partial charge in [-0.1, -0.05) is 13.3 Å². The van der Waals surface area contributed by atoms with Crippen LogP contribution in [0.5, 0.6) is 5.75 Å². The average Bonchev–Trinajstić information content (AvgIpc) is 2.28. The van der Waals surface area contributed by atoms with Crippen LogP contribution in [-0.2, 0) is 14.9 Å². The summed E-state index contributed by atoms with van der Waals surface area (Å²) in [6, 6.07) is 5.76. The molecule has 1 aromatic carbocycles. The number of hydrogen-bond donors (Lipinski definition) is 0. The Kier molecular flexibility index (Phi) is 5.15. The smallest absolute Gasteiger partial charge is 0.338 e. The topological polar surface area (TPSA) is 69.7 Å². The minimum absolute atomic E-state index is 0.169. The lowest BCUT2D eigenvalue weighted by atomic mass is 10.2. The summed E-state index contributed by atoms with van der Waals surface area (Å²) in [6.45, 7) is 2.39. The quantitative estimate of drug-likeness (QED) is 0.450. The van der Waals surface area contributed by atoms with Crippen molar-refractivity contribution in [2.45, 2.75) is 19.8 Å². The van der Waals surface area contributed by atoms with Crippen LogP contribution in [-0.4, -0.2) is 27.2 Å². The van der Waals surface area contributed by atoms with Crippen molar-refractivity contribution >= 4 is 16.1 Å². The van der Waals surface area contributed by atoms with E-state index in [0.717, 1.165) is 19.1 Å². The van der Waals surface area contributed by atoms with Crippen molar-refractivity contribution < 1.29 is 22.1 Å². The van der Waals surface area contributed by atoms with Crippen molar-refractivity contribution in [3.05, 3.63) is 29.8 Å². The second-order valence-corrected chi connectivity index (χ2v) is 5.38. The van der Waals surface area contributed by atoms with Crippen LogP contribution in [0.25, 0.3) is 0 Å². The van der Waals surface area contributed by atoms with Gasteiger partial charge < -0.3 is 8.92 Å². The maximum atomic E-state index is 11.5. The van der Waals surface area contributed by atoms with E-state index >= 15 is 0 Å². The van der Waals surface area contributed by atoms with Crippen LogP contribution in [0, 0.1) is 0 Å². The number of carbonyl (C=O) groups excluding carboxylic acids is 1. The Morgan fingerprint density at radius 2 is 1.83 bits per heavy atom. The fourth-order valence-electron chi connectivity index (χ4n) is 1.21. The molecule has 0 heterocycles. The highest BCUT2D eigenvalue weighted by molar-refractivity contribution is 7.86. The predicted octanol–water partition coefficient (Wildman–Crippen LogP) is 1.98. The largest absolute Gasteiger partial charge is 0.462 e. The number of ether oxygens (including phenoxy) is 1. The van der Waals surface area contributed by atoms with Crippen LogP contribution in [0.2, 0.25) is 0 Å². The molecule has 0 aliphatic carbocycles. The molecule has 0 saturated carbocycles. The number of esters is 1. The maximum Gasteiger partial charge on any atom is 0.338 e. The van der Waals surface area contributed by atoms with Crippen LogP contribution in [0.1, 0.15) is 30.1 Å². The van der Waals surface area contributed by atoms with Gasteiger partial charge in [-0.3, -0.25) is 0 Å². The molecule has 5 nitrogen and oxygen atoms in total. The molecule has 0 bridgehead atoms. The molecule has 0 atom stereocenters. The lowest BCUT2D eigenvalue weighted by Crippen LogP contribution is -2.08. The summed E-state index contributed by atoms with van der Waals surface area (Å²) in [4.78, 5) is 11.5. The van der Waals surface area contributed by atoms with Crippen LogP contribution in [0.15, 0.2) is 24.3 Å². The van der Waals surface area contributed by atoms with Crippen molar-refractivity contribution in [1.29, 1.82) is 0 Å². The van der Waals surface area contributed by atoms with Crippen molar-refractivity contribution in [1.82, 2.24) is 0 Å². The van der Waals surface area contributed by atoms with Crippen molar-refractivity contribution in [2.75, 3.05) is 12.9 Å². The second-order valence-electron chi connectivity index (χ2n) is 3.80. The molecular weight excluding hydrogens is 256 g/mol. The summed E-state index contributed by atoms with van der Waals surface area (Å²) >= 11 is 0. The SMILES string of the molecule is CCCCOC(=O)c1ccc(OS(C)(=O)=O)cc1. The van der Waals surface area contributed by atoms with Gasteiger partial charge in [0.05, 0.1) is 18.4 Å². The Bertz CT molecular complexity index is 490. The first kappa shape index (κ1) is 14.5. The minimum Gasteiger partial charge on any atom is -0.462 e. The Labute approximate surface area is 107 Å². The van der Waals surface area contributed by atoms with Gasteiger partial charge in [-0.05, 0) is 30.7 Å². The van der Waals surface area contributed by atoms with Gasteiger partial charge in [0, 0.05) is 0 Å². The Hall–Kier alpha value is -1.56. The molecule has 1 rings (SSSR count).